The Kier molecular flexibility index (Phi) is 2.34. The van der Waals surface area contributed by atoms with E-state index in [4.69, 9.17) is 0 Å². The van der Waals surface area contributed by atoms with Crippen molar-refractivity contribution in [3.8, 4) is 0 Å². The molecule has 58 valence electrons. The number of pyridine rings is 1. The van der Waals surface area contributed by atoms with Crippen LogP contribution in [-0.2, 0) is 0 Å². The number of Topliss-reactive ketones (excluding diaryl/α,β-unsaturated/α-hetero) is 1. The van der Waals surface area contributed by atoms with Crippen LogP contribution in [0, 0.1) is 5.95 Å². The summed E-state index contributed by atoms with van der Waals surface area (Å²) in [6.07, 6.45) is 0. The fourth-order valence-electron chi connectivity index (χ4n) is 0.668. The lowest BCUT2D eigenvalue weighted by atomic mass is 10.2. The molecule has 0 aromatic carbocycles. The molecule has 0 spiro atoms. The van der Waals surface area contributed by atoms with Crippen LogP contribution in [0.15, 0.2) is 16.7 Å². The van der Waals surface area contributed by atoms with E-state index in [-0.39, 0.29) is 5.78 Å². The van der Waals surface area contributed by atoms with E-state index in [9.17, 15) is 9.18 Å². The summed E-state index contributed by atoms with van der Waals surface area (Å²) in [4.78, 5) is 14.1. The molecule has 0 fully saturated rings. The van der Waals surface area contributed by atoms with Gasteiger partial charge in [-0.3, -0.25) is 4.79 Å². The maximum atomic E-state index is 12.5. The second-order valence-corrected chi connectivity index (χ2v) is 2.87. The highest BCUT2D eigenvalue weighted by atomic mass is 79.9. The smallest absolute Gasteiger partial charge is 0.214 e. The number of ketones is 1. The van der Waals surface area contributed by atoms with Crippen LogP contribution in [-0.4, -0.2) is 10.8 Å². The van der Waals surface area contributed by atoms with Crippen LogP contribution in [0.25, 0.3) is 0 Å². The normalized spacial score (nSPS) is 9.73. The van der Waals surface area contributed by atoms with E-state index in [1.807, 2.05) is 0 Å². The van der Waals surface area contributed by atoms with Gasteiger partial charge in [-0.05, 0) is 28.9 Å². The van der Waals surface area contributed by atoms with Gasteiger partial charge in [0.15, 0.2) is 5.78 Å². The van der Waals surface area contributed by atoms with Crippen LogP contribution in [0.2, 0.25) is 0 Å². The lowest BCUT2D eigenvalue weighted by Gasteiger charge is -1.95. The van der Waals surface area contributed by atoms with E-state index in [0.717, 1.165) is 6.07 Å². The van der Waals surface area contributed by atoms with Crippen molar-refractivity contribution in [3.05, 3.63) is 28.2 Å². The van der Waals surface area contributed by atoms with Crippen LogP contribution in [0.1, 0.15) is 17.3 Å². The maximum Gasteiger partial charge on any atom is 0.214 e. The van der Waals surface area contributed by atoms with Gasteiger partial charge in [-0.2, -0.15) is 4.39 Å². The minimum atomic E-state index is -0.649. The van der Waals surface area contributed by atoms with Crippen molar-refractivity contribution in [1.29, 1.82) is 0 Å². The first kappa shape index (κ1) is 8.33. The molecule has 0 unspecified atom stereocenters. The number of hydrogen-bond acceptors (Lipinski definition) is 2. The maximum absolute atomic E-state index is 12.5. The first-order chi connectivity index (χ1) is 5.09. The van der Waals surface area contributed by atoms with Crippen molar-refractivity contribution in [2.45, 2.75) is 6.92 Å². The second kappa shape index (κ2) is 3.09. The van der Waals surface area contributed by atoms with Gasteiger partial charge < -0.3 is 0 Å². The summed E-state index contributed by atoms with van der Waals surface area (Å²) in [5, 5.41) is 0. The van der Waals surface area contributed by atoms with E-state index >= 15 is 0 Å². The molecule has 1 aromatic heterocycles. The van der Waals surface area contributed by atoms with Crippen LogP contribution in [0.3, 0.4) is 0 Å². The number of carbonyl (C=O) groups excluding carboxylic acids is 1. The van der Waals surface area contributed by atoms with Crippen LogP contribution in [0.5, 0.6) is 0 Å². The van der Waals surface area contributed by atoms with Gasteiger partial charge in [-0.15, -0.1) is 0 Å². The Morgan fingerprint density at radius 3 is 2.73 bits per heavy atom. The van der Waals surface area contributed by atoms with Gasteiger partial charge >= 0.3 is 0 Å². The zero-order valence-corrected chi connectivity index (χ0v) is 7.35. The molecular weight excluding hydrogens is 213 g/mol. The molecule has 1 aromatic rings. The zero-order valence-electron chi connectivity index (χ0n) is 5.77. The molecule has 11 heavy (non-hydrogen) atoms. The van der Waals surface area contributed by atoms with Gasteiger partial charge in [-0.25, -0.2) is 4.98 Å². The number of aromatic nitrogens is 1. The monoisotopic (exact) mass is 217 g/mol. The number of hydrogen-bond donors (Lipinski definition) is 0. The Morgan fingerprint density at radius 2 is 2.27 bits per heavy atom. The van der Waals surface area contributed by atoms with Gasteiger partial charge in [0.1, 0.15) is 4.60 Å². The summed E-state index contributed by atoms with van der Waals surface area (Å²) in [5.41, 5.74) is 0.323. The Morgan fingerprint density at radius 1 is 1.64 bits per heavy atom. The molecule has 0 atom stereocenters. The Labute approximate surface area is 71.6 Å². The van der Waals surface area contributed by atoms with Crippen molar-refractivity contribution < 1.29 is 9.18 Å². The first-order valence-electron chi connectivity index (χ1n) is 2.93. The second-order valence-electron chi connectivity index (χ2n) is 2.06. The third kappa shape index (κ3) is 2.08. The number of rotatable bonds is 1. The lowest BCUT2D eigenvalue weighted by molar-refractivity contribution is 0.101. The SMILES string of the molecule is CC(=O)c1cc(F)nc(Br)c1. The summed E-state index contributed by atoms with van der Waals surface area (Å²) in [6, 6.07) is 2.58. The van der Waals surface area contributed by atoms with E-state index in [0.29, 0.717) is 10.2 Å². The molecule has 0 amide bonds. The molecule has 2 nitrogen and oxygen atoms in total. The summed E-state index contributed by atoms with van der Waals surface area (Å²) < 4.78 is 12.8. The van der Waals surface area contributed by atoms with E-state index in [1.165, 1.54) is 13.0 Å². The van der Waals surface area contributed by atoms with Crippen molar-refractivity contribution in [2.75, 3.05) is 0 Å². The first-order valence-corrected chi connectivity index (χ1v) is 3.73. The average Bonchev–Trinajstić information content (AvgIpc) is 1.85. The largest absolute Gasteiger partial charge is 0.295 e. The van der Waals surface area contributed by atoms with Crippen LogP contribution in [0.4, 0.5) is 4.39 Å². The number of nitrogens with zero attached hydrogens (tertiary/aromatic N) is 1. The Bertz CT molecular complexity index is 280. The summed E-state index contributed by atoms with van der Waals surface area (Å²) in [6.45, 7) is 1.38. The third-order valence-corrected chi connectivity index (χ3v) is 1.58. The highest BCUT2D eigenvalue weighted by Crippen LogP contribution is 2.10. The van der Waals surface area contributed by atoms with Crippen LogP contribution < -0.4 is 0 Å². The van der Waals surface area contributed by atoms with Gasteiger partial charge in [0.05, 0.1) is 0 Å². The molecule has 0 aliphatic heterocycles. The van der Waals surface area contributed by atoms with Crippen molar-refractivity contribution in [2.24, 2.45) is 0 Å². The van der Waals surface area contributed by atoms with Crippen molar-refractivity contribution in [1.82, 2.24) is 4.98 Å². The van der Waals surface area contributed by atoms with E-state index in [1.54, 1.807) is 0 Å². The van der Waals surface area contributed by atoms with Gasteiger partial charge in [0.2, 0.25) is 5.95 Å². The fourth-order valence-corrected chi connectivity index (χ4v) is 1.08. The molecule has 0 aliphatic rings. The summed E-state index contributed by atoms with van der Waals surface area (Å²) in [5.74, 6) is -0.823. The topological polar surface area (TPSA) is 30.0 Å². The average molecular weight is 218 g/mol. The quantitative estimate of drug-likeness (QED) is 0.534. The third-order valence-electron chi connectivity index (χ3n) is 1.17. The standard InChI is InChI=1S/C7H5BrFNO/c1-4(11)5-2-6(8)10-7(9)3-5/h2-3H,1H3. The Balaban J connectivity index is 3.19. The predicted octanol–water partition coefficient (Wildman–Crippen LogP) is 2.19. The molecule has 1 rings (SSSR count). The lowest BCUT2D eigenvalue weighted by Crippen LogP contribution is -1.95. The van der Waals surface area contributed by atoms with Crippen LogP contribution >= 0.6 is 15.9 Å². The minimum Gasteiger partial charge on any atom is -0.295 e. The van der Waals surface area contributed by atoms with E-state index in [2.05, 4.69) is 20.9 Å². The Hall–Kier alpha value is -0.770. The number of carbonyl (C=O) groups is 1. The summed E-state index contributed by atoms with van der Waals surface area (Å²) in [7, 11) is 0. The highest BCUT2D eigenvalue weighted by molar-refractivity contribution is 9.10. The van der Waals surface area contributed by atoms with Crippen molar-refractivity contribution >= 4 is 21.7 Å². The summed E-state index contributed by atoms with van der Waals surface area (Å²) >= 11 is 2.98. The molecule has 0 radical (unpaired) electrons. The van der Waals surface area contributed by atoms with Gasteiger partial charge in [-0.1, -0.05) is 0 Å². The number of halogens is 2. The minimum absolute atomic E-state index is 0.174. The molecule has 0 saturated heterocycles. The molecule has 0 saturated carbocycles. The molecule has 0 bridgehead atoms. The molecule has 0 N–H and O–H groups in total. The molecule has 1 heterocycles. The molecular formula is C7H5BrFNO. The highest BCUT2D eigenvalue weighted by Gasteiger charge is 2.03. The zero-order chi connectivity index (χ0) is 8.43. The molecule has 0 aliphatic carbocycles. The van der Waals surface area contributed by atoms with E-state index < -0.39 is 5.95 Å². The van der Waals surface area contributed by atoms with Gasteiger partial charge in [0, 0.05) is 11.6 Å². The fraction of sp³-hybridized carbons (Fsp3) is 0.143. The van der Waals surface area contributed by atoms with Crippen molar-refractivity contribution in [3.63, 3.8) is 0 Å². The van der Waals surface area contributed by atoms with Gasteiger partial charge in [0.25, 0.3) is 0 Å². The predicted molar refractivity (Wildman–Crippen MR) is 41.9 cm³/mol. The molecule has 4 heteroatoms.